The molecule has 1 atom stereocenters. The molecule has 2 aromatic heterocycles. The van der Waals surface area contributed by atoms with E-state index in [0.29, 0.717) is 5.92 Å². The smallest absolute Gasteiger partial charge is 0.225 e. The van der Waals surface area contributed by atoms with Crippen molar-refractivity contribution in [3.63, 3.8) is 0 Å². The van der Waals surface area contributed by atoms with E-state index < -0.39 is 0 Å². The molecule has 134 valence electrons. The van der Waals surface area contributed by atoms with Gasteiger partial charge in [0.1, 0.15) is 0 Å². The molecule has 0 bridgehead atoms. The maximum Gasteiger partial charge on any atom is 0.225 e. The Balaban J connectivity index is 1.62. The van der Waals surface area contributed by atoms with Gasteiger partial charge in [0.05, 0.1) is 5.69 Å². The van der Waals surface area contributed by atoms with E-state index in [1.807, 2.05) is 24.0 Å². The fourth-order valence-electron chi connectivity index (χ4n) is 3.27. The van der Waals surface area contributed by atoms with Crippen LogP contribution in [0.2, 0.25) is 0 Å². The van der Waals surface area contributed by atoms with Gasteiger partial charge in [-0.15, -0.1) is 0 Å². The van der Waals surface area contributed by atoms with Crippen LogP contribution < -0.4 is 0 Å². The minimum absolute atomic E-state index is 0.0107. The van der Waals surface area contributed by atoms with Crippen LogP contribution in [0.25, 0.3) is 11.3 Å². The number of piperidine rings is 1. The second kappa shape index (κ2) is 6.98. The molecule has 1 saturated heterocycles. The normalized spacial score (nSPS) is 17.5. The lowest BCUT2D eigenvalue weighted by Gasteiger charge is -2.36. The molecule has 5 heteroatoms. The summed E-state index contributed by atoms with van der Waals surface area (Å²) in [7, 11) is 0. The molecule has 1 aliphatic heterocycles. The Bertz CT molecular complexity index is 709. The van der Waals surface area contributed by atoms with E-state index in [1.165, 1.54) is 5.69 Å². The van der Waals surface area contributed by atoms with Crippen molar-refractivity contribution in [2.45, 2.75) is 46.5 Å². The van der Waals surface area contributed by atoms with E-state index in [4.69, 9.17) is 0 Å². The molecule has 3 heterocycles. The lowest BCUT2D eigenvalue weighted by atomic mass is 9.80. The molecule has 3 rings (SSSR count). The van der Waals surface area contributed by atoms with Crippen LogP contribution >= 0.6 is 0 Å². The van der Waals surface area contributed by atoms with E-state index in [2.05, 4.69) is 42.0 Å². The molecule has 1 N–H and O–H groups in total. The molecular formula is C20H28N4O. The Morgan fingerprint density at radius 1 is 1.24 bits per heavy atom. The quantitative estimate of drug-likeness (QED) is 0.923. The topological polar surface area (TPSA) is 61.9 Å². The van der Waals surface area contributed by atoms with Gasteiger partial charge in [0, 0.05) is 48.6 Å². The zero-order valence-electron chi connectivity index (χ0n) is 15.6. The first kappa shape index (κ1) is 17.6. The Labute approximate surface area is 149 Å². The third-order valence-electron chi connectivity index (χ3n) is 5.49. The van der Waals surface area contributed by atoms with E-state index in [0.717, 1.165) is 37.2 Å². The summed E-state index contributed by atoms with van der Waals surface area (Å²) in [6, 6.07) is 6.07. The first-order valence-corrected chi connectivity index (χ1v) is 9.11. The molecule has 2 aromatic rings. The summed E-state index contributed by atoms with van der Waals surface area (Å²) in [6.07, 6.45) is 5.54. The number of nitrogens with zero attached hydrogens (tertiary/aromatic N) is 3. The molecule has 0 saturated carbocycles. The van der Waals surface area contributed by atoms with Gasteiger partial charge in [0.2, 0.25) is 5.91 Å². The minimum Gasteiger partial charge on any atom is -0.342 e. The summed E-state index contributed by atoms with van der Waals surface area (Å²) < 4.78 is 0. The van der Waals surface area contributed by atoms with Crippen LogP contribution in [-0.2, 0) is 4.79 Å². The number of nitrogens with one attached hydrogen (secondary N) is 1. The summed E-state index contributed by atoms with van der Waals surface area (Å²) in [5.41, 5.74) is 3.21. The molecule has 0 radical (unpaired) electrons. The van der Waals surface area contributed by atoms with Crippen molar-refractivity contribution in [2.75, 3.05) is 13.1 Å². The third kappa shape index (κ3) is 3.91. The predicted molar refractivity (Wildman–Crippen MR) is 99.0 cm³/mol. The lowest BCUT2D eigenvalue weighted by Crippen LogP contribution is -2.43. The highest BCUT2D eigenvalue weighted by Crippen LogP contribution is 2.32. The van der Waals surface area contributed by atoms with Crippen LogP contribution in [0.5, 0.6) is 0 Å². The highest BCUT2D eigenvalue weighted by molar-refractivity contribution is 5.79. The number of H-pyrrole nitrogens is 1. The van der Waals surface area contributed by atoms with E-state index in [9.17, 15) is 4.79 Å². The fourth-order valence-corrected chi connectivity index (χ4v) is 3.27. The second-order valence-corrected chi connectivity index (χ2v) is 8.13. The first-order chi connectivity index (χ1) is 11.9. The van der Waals surface area contributed by atoms with Gasteiger partial charge >= 0.3 is 0 Å². The number of amides is 1. The number of rotatable bonds is 3. The van der Waals surface area contributed by atoms with Crippen molar-refractivity contribution in [3.8, 4) is 11.3 Å². The predicted octanol–water partition coefficient (Wildman–Crippen LogP) is 3.86. The highest BCUT2D eigenvalue weighted by atomic mass is 16.2. The molecular weight excluding hydrogens is 312 g/mol. The second-order valence-electron chi connectivity index (χ2n) is 8.13. The van der Waals surface area contributed by atoms with Crippen LogP contribution in [0.3, 0.4) is 0 Å². The summed E-state index contributed by atoms with van der Waals surface area (Å²) >= 11 is 0. The van der Waals surface area contributed by atoms with Gasteiger partial charge in [0.15, 0.2) is 0 Å². The molecule has 5 nitrogen and oxygen atoms in total. The third-order valence-corrected chi connectivity index (χ3v) is 5.49. The van der Waals surface area contributed by atoms with Crippen LogP contribution in [-0.4, -0.2) is 39.1 Å². The first-order valence-electron chi connectivity index (χ1n) is 9.11. The number of likely N-dealkylation sites (tertiary alicyclic amines) is 1. The van der Waals surface area contributed by atoms with Gasteiger partial charge in [0.25, 0.3) is 0 Å². The number of hydrogen-bond acceptors (Lipinski definition) is 3. The standard InChI is InChI=1S/C20H28N4O/c1-14(20(2,3)4)19(25)24-11-7-16(8-12-24)18-13-17(22-23-18)15-5-9-21-10-6-15/h5-6,9-10,13-14,16H,7-8,11-12H2,1-4H3,(H,22,23)/t14-/m1/s1. The van der Waals surface area contributed by atoms with E-state index >= 15 is 0 Å². The number of aromatic nitrogens is 3. The van der Waals surface area contributed by atoms with E-state index in [-0.39, 0.29) is 17.2 Å². The molecule has 1 fully saturated rings. The van der Waals surface area contributed by atoms with Gasteiger partial charge in [-0.1, -0.05) is 27.7 Å². The monoisotopic (exact) mass is 340 g/mol. The van der Waals surface area contributed by atoms with Gasteiger partial charge < -0.3 is 4.90 Å². The number of pyridine rings is 1. The van der Waals surface area contributed by atoms with Crippen LogP contribution in [0, 0.1) is 11.3 Å². The van der Waals surface area contributed by atoms with Crippen molar-refractivity contribution in [1.82, 2.24) is 20.1 Å². The lowest BCUT2D eigenvalue weighted by molar-refractivity contribution is -0.139. The Morgan fingerprint density at radius 3 is 2.48 bits per heavy atom. The molecule has 1 amide bonds. The molecule has 0 aliphatic carbocycles. The van der Waals surface area contributed by atoms with Gasteiger partial charge in [-0.2, -0.15) is 5.10 Å². The molecule has 0 aromatic carbocycles. The van der Waals surface area contributed by atoms with Gasteiger partial charge in [-0.05, 0) is 36.5 Å². The summed E-state index contributed by atoms with van der Waals surface area (Å²) in [5.74, 6) is 0.777. The molecule has 0 spiro atoms. The van der Waals surface area contributed by atoms with Crippen LogP contribution in [0.4, 0.5) is 0 Å². The van der Waals surface area contributed by atoms with Crippen molar-refractivity contribution < 1.29 is 4.79 Å². The zero-order valence-corrected chi connectivity index (χ0v) is 15.6. The Hall–Kier alpha value is -2.17. The molecule has 1 aliphatic rings. The SMILES string of the molecule is C[C@H](C(=O)N1CCC(c2cc(-c3ccncc3)n[nH]2)CC1)C(C)(C)C. The van der Waals surface area contributed by atoms with Crippen molar-refractivity contribution >= 4 is 5.91 Å². The molecule has 0 unspecified atom stereocenters. The number of carbonyl (C=O) groups excluding carboxylic acids is 1. The van der Waals surface area contributed by atoms with Gasteiger partial charge in [-0.3, -0.25) is 14.9 Å². The summed E-state index contributed by atoms with van der Waals surface area (Å²) in [4.78, 5) is 18.8. The van der Waals surface area contributed by atoms with Gasteiger partial charge in [-0.25, -0.2) is 0 Å². The average Bonchev–Trinajstić information content (AvgIpc) is 3.11. The van der Waals surface area contributed by atoms with E-state index in [1.54, 1.807) is 12.4 Å². The van der Waals surface area contributed by atoms with Crippen LogP contribution in [0.1, 0.15) is 52.1 Å². The number of aromatic amines is 1. The maximum atomic E-state index is 12.7. The minimum atomic E-state index is 0.0107. The highest BCUT2D eigenvalue weighted by Gasteiger charge is 2.32. The van der Waals surface area contributed by atoms with Crippen molar-refractivity contribution in [1.29, 1.82) is 0 Å². The Morgan fingerprint density at radius 2 is 1.88 bits per heavy atom. The van der Waals surface area contributed by atoms with Crippen LogP contribution in [0.15, 0.2) is 30.6 Å². The summed E-state index contributed by atoms with van der Waals surface area (Å²) in [5, 5.41) is 7.63. The van der Waals surface area contributed by atoms with Crippen molar-refractivity contribution in [2.24, 2.45) is 11.3 Å². The molecule has 25 heavy (non-hydrogen) atoms. The zero-order chi connectivity index (χ0) is 18.0. The largest absolute Gasteiger partial charge is 0.342 e. The van der Waals surface area contributed by atoms with Crippen molar-refractivity contribution in [3.05, 3.63) is 36.3 Å². The number of hydrogen-bond donors (Lipinski definition) is 1. The average molecular weight is 340 g/mol. The Kier molecular flexibility index (Phi) is 4.93. The number of carbonyl (C=O) groups is 1. The fraction of sp³-hybridized carbons (Fsp3) is 0.550. The summed E-state index contributed by atoms with van der Waals surface area (Å²) in [6.45, 7) is 10.1. The maximum absolute atomic E-state index is 12.7.